The number of carbonyl (C=O) groups excluding carboxylic acids is 1. The minimum absolute atomic E-state index is 0.122. The molecule has 0 bridgehead atoms. The van der Waals surface area contributed by atoms with Gasteiger partial charge in [0.05, 0.1) is 31.1 Å². The third-order valence-corrected chi connectivity index (χ3v) is 6.62. The summed E-state index contributed by atoms with van der Waals surface area (Å²) in [5.74, 6) is -2.34. The molecule has 9 heteroatoms. The molecule has 1 amide bonds. The van der Waals surface area contributed by atoms with E-state index in [2.05, 4.69) is 5.32 Å². The Balaban J connectivity index is 1.54. The zero-order valence-electron chi connectivity index (χ0n) is 15.4. The van der Waals surface area contributed by atoms with E-state index >= 15 is 0 Å². The van der Waals surface area contributed by atoms with Crippen LogP contribution in [0.2, 0.25) is 0 Å². The van der Waals surface area contributed by atoms with Crippen molar-refractivity contribution in [2.45, 2.75) is 11.8 Å². The molecular formula is C19H22F2N3O3S+. The molecular weight excluding hydrogens is 388 g/mol. The number of aryl methyl sites for hydroxylation is 1. The van der Waals surface area contributed by atoms with Gasteiger partial charge in [-0.1, -0.05) is 17.7 Å². The van der Waals surface area contributed by atoms with Crippen LogP contribution in [-0.4, -0.2) is 51.4 Å². The summed E-state index contributed by atoms with van der Waals surface area (Å²) in [7, 11) is -3.55. The molecule has 1 aliphatic heterocycles. The van der Waals surface area contributed by atoms with Crippen molar-refractivity contribution in [2.75, 3.05) is 38.0 Å². The molecule has 1 fully saturated rings. The summed E-state index contributed by atoms with van der Waals surface area (Å²) < 4.78 is 53.0. The number of sulfonamides is 1. The van der Waals surface area contributed by atoms with E-state index < -0.39 is 21.7 Å². The van der Waals surface area contributed by atoms with Crippen LogP contribution in [0.25, 0.3) is 0 Å². The number of carbonyl (C=O) groups is 1. The lowest BCUT2D eigenvalue weighted by Gasteiger charge is -2.31. The van der Waals surface area contributed by atoms with Crippen LogP contribution in [0.15, 0.2) is 47.4 Å². The smallest absolute Gasteiger partial charge is 0.279 e. The molecule has 28 heavy (non-hydrogen) atoms. The second-order valence-corrected chi connectivity index (χ2v) is 8.76. The Hall–Kier alpha value is -2.36. The number of hydrogen-bond donors (Lipinski definition) is 2. The summed E-state index contributed by atoms with van der Waals surface area (Å²) in [5.41, 5.74) is 1.17. The fraction of sp³-hybridized carbons (Fsp3) is 0.316. The van der Waals surface area contributed by atoms with Crippen molar-refractivity contribution in [3.8, 4) is 0 Å². The maximum absolute atomic E-state index is 13.2. The molecule has 0 saturated carbocycles. The monoisotopic (exact) mass is 410 g/mol. The minimum atomic E-state index is -3.55. The van der Waals surface area contributed by atoms with Gasteiger partial charge in [0, 0.05) is 11.8 Å². The quantitative estimate of drug-likeness (QED) is 0.766. The maximum Gasteiger partial charge on any atom is 0.279 e. The van der Waals surface area contributed by atoms with Crippen LogP contribution in [0, 0.1) is 18.6 Å². The Labute approximate surface area is 162 Å². The van der Waals surface area contributed by atoms with Crippen LogP contribution >= 0.6 is 0 Å². The summed E-state index contributed by atoms with van der Waals surface area (Å²) in [5, 5.41) is 2.53. The van der Waals surface area contributed by atoms with Crippen LogP contribution in [0.4, 0.5) is 14.5 Å². The van der Waals surface area contributed by atoms with Gasteiger partial charge in [0.1, 0.15) is 0 Å². The van der Waals surface area contributed by atoms with Crippen LogP contribution in [0.3, 0.4) is 0 Å². The molecule has 3 rings (SSSR count). The molecule has 2 aromatic rings. The topological polar surface area (TPSA) is 70.9 Å². The number of amides is 1. The van der Waals surface area contributed by atoms with Crippen LogP contribution < -0.4 is 10.2 Å². The Morgan fingerprint density at radius 2 is 1.71 bits per heavy atom. The molecule has 1 saturated heterocycles. The second-order valence-electron chi connectivity index (χ2n) is 6.82. The number of halogens is 2. The Bertz CT molecular complexity index is 957. The molecule has 0 aromatic heterocycles. The summed E-state index contributed by atoms with van der Waals surface area (Å²) in [6, 6.07) is 9.88. The first-order valence-corrected chi connectivity index (χ1v) is 10.3. The van der Waals surface area contributed by atoms with E-state index in [9.17, 15) is 22.0 Å². The fourth-order valence-electron chi connectivity index (χ4n) is 3.09. The highest BCUT2D eigenvalue weighted by atomic mass is 32.2. The molecule has 1 aliphatic rings. The molecule has 0 atom stereocenters. The maximum atomic E-state index is 13.2. The number of piperazine rings is 1. The molecule has 150 valence electrons. The Morgan fingerprint density at radius 3 is 2.32 bits per heavy atom. The zero-order chi connectivity index (χ0) is 20.3. The first kappa shape index (κ1) is 20.4. The summed E-state index contributed by atoms with van der Waals surface area (Å²) in [6.45, 7) is 3.60. The summed E-state index contributed by atoms with van der Waals surface area (Å²) in [4.78, 5) is 13.3. The van der Waals surface area contributed by atoms with E-state index in [0.29, 0.717) is 26.2 Å². The van der Waals surface area contributed by atoms with E-state index in [0.717, 1.165) is 22.6 Å². The summed E-state index contributed by atoms with van der Waals surface area (Å²) >= 11 is 0. The lowest BCUT2D eigenvalue weighted by atomic mass is 10.2. The van der Waals surface area contributed by atoms with Crippen molar-refractivity contribution in [1.29, 1.82) is 0 Å². The largest absolute Gasteiger partial charge is 0.325 e. The van der Waals surface area contributed by atoms with Crippen molar-refractivity contribution in [1.82, 2.24) is 4.31 Å². The summed E-state index contributed by atoms with van der Waals surface area (Å²) in [6.07, 6.45) is 0. The Morgan fingerprint density at radius 1 is 1.07 bits per heavy atom. The third kappa shape index (κ3) is 4.73. The first-order valence-electron chi connectivity index (χ1n) is 8.91. The van der Waals surface area contributed by atoms with Gasteiger partial charge in [-0.2, -0.15) is 4.31 Å². The van der Waals surface area contributed by atoms with E-state index in [1.165, 1.54) is 10.4 Å². The van der Waals surface area contributed by atoms with Crippen molar-refractivity contribution < 1.29 is 26.9 Å². The standard InChI is InChI=1S/C19H21F2N3O3S/c1-14-2-5-16(6-3-14)28(26,27)24-10-8-23(9-11-24)13-19(25)22-15-4-7-17(20)18(21)12-15/h2-7,12H,8-11,13H2,1H3,(H,22,25)/p+1. The van der Waals surface area contributed by atoms with Gasteiger partial charge in [0.2, 0.25) is 10.0 Å². The van der Waals surface area contributed by atoms with Crippen LogP contribution in [0.1, 0.15) is 5.56 Å². The highest BCUT2D eigenvalue weighted by molar-refractivity contribution is 7.89. The van der Waals surface area contributed by atoms with Gasteiger partial charge >= 0.3 is 0 Å². The number of anilines is 1. The van der Waals surface area contributed by atoms with Crippen molar-refractivity contribution in [2.24, 2.45) is 0 Å². The number of benzene rings is 2. The van der Waals surface area contributed by atoms with Crippen LogP contribution in [-0.2, 0) is 14.8 Å². The van der Waals surface area contributed by atoms with Gasteiger partial charge in [0.25, 0.3) is 5.91 Å². The Kier molecular flexibility index (Phi) is 6.07. The number of nitrogens with zero attached hydrogens (tertiary/aromatic N) is 1. The van der Waals surface area contributed by atoms with Crippen LogP contribution in [0.5, 0.6) is 0 Å². The van der Waals surface area contributed by atoms with E-state index in [1.54, 1.807) is 24.3 Å². The molecule has 0 radical (unpaired) electrons. The van der Waals surface area contributed by atoms with Gasteiger partial charge in [-0.25, -0.2) is 17.2 Å². The highest BCUT2D eigenvalue weighted by Crippen LogP contribution is 2.16. The molecule has 2 aromatic carbocycles. The molecule has 1 heterocycles. The predicted molar refractivity (Wildman–Crippen MR) is 100 cm³/mol. The predicted octanol–water partition coefficient (Wildman–Crippen LogP) is 0.801. The van der Waals surface area contributed by atoms with Crippen molar-refractivity contribution >= 4 is 21.6 Å². The average Bonchev–Trinajstić information content (AvgIpc) is 2.65. The molecule has 2 N–H and O–H groups in total. The zero-order valence-corrected chi connectivity index (χ0v) is 16.2. The number of rotatable bonds is 5. The highest BCUT2D eigenvalue weighted by Gasteiger charge is 2.31. The number of nitrogens with one attached hydrogen (secondary N) is 2. The second kappa shape index (κ2) is 8.34. The lowest BCUT2D eigenvalue weighted by Crippen LogP contribution is -3.15. The molecule has 6 nitrogen and oxygen atoms in total. The van der Waals surface area contributed by atoms with E-state index in [4.69, 9.17) is 0 Å². The first-order chi connectivity index (χ1) is 13.3. The van der Waals surface area contributed by atoms with Crippen molar-refractivity contribution in [3.63, 3.8) is 0 Å². The lowest BCUT2D eigenvalue weighted by molar-refractivity contribution is -0.895. The van der Waals surface area contributed by atoms with Gasteiger partial charge in [-0.15, -0.1) is 0 Å². The van der Waals surface area contributed by atoms with E-state index in [-0.39, 0.29) is 23.0 Å². The SMILES string of the molecule is Cc1ccc(S(=O)(=O)N2CC[NH+](CC(=O)Nc3ccc(F)c(F)c3)CC2)cc1. The van der Waals surface area contributed by atoms with Gasteiger partial charge in [-0.05, 0) is 31.2 Å². The van der Waals surface area contributed by atoms with E-state index in [1.807, 2.05) is 6.92 Å². The minimum Gasteiger partial charge on any atom is -0.325 e. The average molecular weight is 410 g/mol. The van der Waals surface area contributed by atoms with Gasteiger partial charge in [-0.3, -0.25) is 4.79 Å². The number of hydrogen-bond acceptors (Lipinski definition) is 3. The normalized spacial score (nSPS) is 16.1. The van der Waals surface area contributed by atoms with Crippen molar-refractivity contribution in [3.05, 3.63) is 59.7 Å². The molecule has 0 aliphatic carbocycles. The molecule has 0 unspecified atom stereocenters. The fourth-order valence-corrected chi connectivity index (χ4v) is 4.53. The van der Waals surface area contributed by atoms with Gasteiger partial charge < -0.3 is 10.2 Å². The third-order valence-electron chi connectivity index (χ3n) is 4.70. The number of quaternary nitrogens is 1. The van der Waals surface area contributed by atoms with Gasteiger partial charge in [0.15, 0.2) is 18.2 Å². The molecule has 0 spiro atoms.